The second-order valence-corrected chi connectivity index (χ2v) is 13.8. The predicted molar refractivity (Wildman–Crippen MR) is 189 cm³/mol. The average Bonchev–Trinajstić information content (AvgIpc) is 3.84. The molecule has 5 heterocycles. The first-order chi connectivity index (χ1) is 25.6. The van der Waals surface area contributed by atoms with E-state index in [1.54, 1.807) is 35.7 Å². The first kappa shape index (κ1) is 33.9. The number of nitrogens with one attached hydrogen (secondary N) is 2. The molecule has 0 aliphatic carbocycles. The summed E-state index contributed by atoms with van der Waals surface area (Å²) < 4.78 is 15.5. The molecule has 0 unspecified atom stereocenters. The van der Waals surface area contributed by atoms with E-state index in [-0.39, 0.29) is 54.1 Å². The van der Waals surface area contributed by atoms with Crippen molar-refractivity contribution in [2.75, 3.05) is 47.8 Å². The number of carbonyl (C=O) groups excluding carboxylic acids is 6. The third kappa shape index (κ3) is 6.12. The second-order valence-electron chi connectivity index (χ2n) is 12.9. The zero-order chi connectivity index (χ0) is 37.0. The van der Waals surface area contributed by atoms with Crippen molar-refractivity contribution in [2.45, 2.75) is 25.9 Å². The number of benzene rings is 3. The van der Waals surface area contributed by atoms with Crippen molar-refractivity contribution >= 4 is 63.4 Å². The van der Waals surface area contributed by atoms with Crippen LogP contribution in [0.15, 0.2) is 60.1 Å². The molecule has 7 amide bonds. The van der Waals surface area contributed by atoms with Gasteiger partial charge in [-0.25, -0.2) is 19.2 Å². The standard InChI is InChI=1S/C36H31FN8O7S/c37-26-6-7-28(46)24(17-30(48)39-35-38-9-15-53-35)31(26)43-19-25-21(32(43)49)2-1-3-27(25)42-13-11-41(12-14-42)18-20-4-5-22-23(16-20)34(51)45(33(22)50)44-10-8-29(47)40-36(44)52/h1-7,9,15-16,46H,8,10-14,17-19H2,(H,38,39,48)(H,40,47,52). The summed E-state index contributed by atoms with van der Waals surface area (Å²) in [5.41, 5.74) is 2.98. The van der Waals surface area contributed by atoms with Gasteiger partial charge in [0.05, 0.1) is 36.3 Å². The topological polar surface area (TPSA) is 176 Å². The minimum Gasteiger partial charge on any atom is -0.508 e. The molecule has 1 aromatic heterocycles. The number of hydrazine groups is 1. The number of carbonyl (C=O) groups is 6. The van der Waals surface area contributed by atoms with Crippen LogP contribution in [-0.4, -0.2) is 93.3 Å². The van der Waals surface area contributed by atoms with E-state index in [2.05, 4.69) is 25.4 Å². The number of aromatic nitrogens is 1. The van der Waals surface area contributed by atoms with Crippen LogP contribution in [0.25, 0.3) is 0 Å². The number of hydrogen-bond acceptors (Lipinski definition) is 11. The summed E-state index contributed by atoms with van der Waals surface area (Å²) in [7, 11) is 0. The monoisotopic (exact) mass is 738 g/mol. The maximum absolute atomic E-state index is 15.5. The normalized spacial score (nSPS) is 17.4. The lowest BCUT2D eigenvalue weighted by Gasteiger charge is -2.37. The molecule has 4 aromatic rings. The first-order valence-electron chi connectivity index (χ1n) is 16.8. The van der Waals surface area contributed by atoms with Gasteiger partial charge in [0.2, 0.25) is 11.8 Å². The van der Waals surface area contributed by atoms with Crippen molar-refractivity contribution in [2.24, 2.45) is 0 Å². The van der Waals surface area contributed by atoms with Gasteiger partial charge in [-0.1, -0.05) is 12.1 Å². The lowest BCUT2D eigenvalue weighted by molar-refractivity contribution is -0.123. The van der Waals surface area contributed by atoms with E-state index in [9.17, 15) is 33.9 Å². The molecule has 53 heavy (non-hydrogen) atoms. The van der Waals surface area contributed by atoms with Crippen LogP contribution < -0.4 is 20.4 Å². The number of thiazole rings is 1. The number of imide groups is 2. The van der Waals surface area contributed by atoms with E-state index >= 15 is 4.39 Å². The molecule has 3 N–H and O–H groups in total. The summed E-state index contributed by atoms with van der Waals surface area (Å²) >= 11 is 1.22. The van der Waals surface area contributed by atoms with Gasteiger partial charge in [0.1, 0.15) is 11.6 Å². The van der Waals surface area contributed by atoms with E-state index in [0.29, 0.717) is 49.0 Å². The van der Waals surface area contributed by atoms with Crippen molar-refractivity contribution < 1.29 is 38.3 Å². The Hall–Kier alpha value is -6.20. The molecule has 4 aliphatic rings. The molecule has 8 rings (SSSR count). The molecule has 3 aromatic carbocycles. The molecule has 0 bridgehead atoms. The Morgan fingerprint density at radius 3 is 2.47 bits per heavy atom. The lowest BCUT2D eigenvalue weighted by Crippen LogP contribution is -2.58. The minimum absolute atomic E-state index is 0.00538. The van der Waals surface area contributed by atoms with Gasteiger partial charge in [-0.3, -0.25) is 34.2 Å². The molecule has 0 radical (unpaired) electrons. The van der Waals surface area contributed by atoms with Gasteiger partial charge in [-0.2, -0.15) is 5.01 Å². The number of fused-ring (bicyclic) bond motifs is 2. The van der Waals surface area contributed by atoms with Crippen LogP contribution >= 0.6 is 11.3 Å². The Bertz CT molecular complexity index is 2220. The average molecular weight is 739 g/mol. The SMILES string of the molecule is O=C1CCN(N2C(=O)c3ccc(CN4CCN(c5cccc6c5CN(c5c(F)ccc(O)c5CC(=O)Nc5nccs5)C6=O)CC4)cc3C2=O)C(=O)N1. The van der Waals surface area contributed by atoms with Gasteiger partial charge in [0.15, 0.2) is 5.13 Å². The summed E-state index contributed by atoms with van der Waals surface area (Å²) in [5, 5.41) is 19.3. The summed E-state index contributed by atoms with van der Waals surface area (Å²) in [6, 6.07) is 11.8. The first-order valence-corrected chi connectivity index (χ1v) is 17.7. The molecule has 0 spiro atoms. The van der Waals surface area contributed by atoms with Crippen LogP contribution in [0.1, 0.15) is 54.2 Å². The molecule has 4 aliphatic heterocycles. The number of aromatic hydroxyl groups is 1. The molecule has 2 saturated heterocycles. The van der Waals surface area contributed by atoms with Crippen LogP contribution in [0, 0.1) is 5.82 Å². The number of phenols is 1. The fraction of sp³-hybridized carbons (Fsp3) is 0.250. The van der Waals surface area contributed by atoms with E-state index in [0.717, 1.165) is 33.4 Å². The van der Waals surface area contributed by atoms with Gasteiger partial charge in [-0.15, -0.1) is 11.3 Å². The summed E-state index contributed by atoms with van der Waals surface area (Å²) in [6.45, 7) is 2.94. The van der Waals surface area contributed by atoms with E-state index in [1.807, 2.05) is 6.07 Å². The largest absolute Gasteiger partial charge is 0.508 e. The minimum atomic E-state index is -0.821. The Labute approximate surface area is 305 Å². The Balaban J connectivity index is 0.947. The van der Waals surface area contributed by atoms with Crippen molar-refractivity contribution in [1.82, 2.24) is 25.2 Å². The highest BCUT2D eigenvalue weighted by Gasteiger charge is 2.43. The maximum Gasteiger partial charge on any atom is 0.343 e. The van der Waals surface area contributed by atoms with Gasteiger partial charge >= 0.3 is 6.03 Å². The Kier molecular flexibility index (Phi) is 8.58. The third-order valence-corrected chi connectivity index (χ3v) is 10.4. The number of anilines is 3. The fourth-order valence-electron chi connectivity index (χ4n) is 7.21. The van der Waals surface area contributed by atoms with Crippen LogP contribution in [0.4, 0.5) is 25.7 Å². The molecular weight excluding hydrogens is 708 g/mol. The van der Waals surface area contributed by atoms with Gasteiger partial charge < -0.3 is 20.2 Å². The maximum atomic E-state index is 15.5. The van der Waals surface area contributed by atoms with Crippen molar-refractivity contribution in [1.29, 1.82) is 0 Å². The van der Waals surface area contributed by atoms with Crippen LogP contribution in [0.3, 0.4) is 0 Å². The molecule has 270 valence electrons. The highest BCUT2D eigenvalue weighted by molar-refractivity contribution is 7.13. The number of amides is 7. The van der Waals surface area contributed by atoms with Crippen molar-refractivity contribution in [3.8, 4) is 5.75 Å². The van der Waals surface area contributed by atoms with E-state index in [1.165, 1.54) is 22.4 Å². The summed E-state index contributed by atoms with van der Waals surface area (Å²) in [6.07, 6.45) is 1.13. The Morgan fingerprint density at radius 2 is 1.72 bits per heavy atom. The molecule has 0 saturated carbocycles. The Morgan fingerprint density at radius 1 is 0.925 bits per heavy atom. The van der Waals surface area contributed by atoms with Crippen LogP contribution in [0.2, 0.25) is 0 Å². The molecule has 15 nitrogen and oxygen atoms in total. The van der Waals surface area contributed by atoms with Crippen molar-refractivity contribution in [3.05, 3.63) is 99.3 Å². The number of phenolic OH excluding ortho intramolecular Hbond substituents is 1. The van der Waals surface area contributed by atoms with Crippen LogP contribution in [-0.2, 0) is 29.1 Å². The quantitative estimate of drug-likeness (QED) is 0.228. The summed E-state index contributed by atoms with van der Waals surface area (Å²) in [4.78, 5) is 86.5. The number of piperazine rings is 1. The molecule has 0 atom stereocenters. The number of halogens is 1. The number of nitrogens with zero attached hydrogens (tertiary/aromatic N) is 6. The second kappa shape index (κ2) is 13.4. The van der Waals surface area contributed by atoms with Crippen LogP contribution in [0.5, 0.6) is 5.75 Å². The van der Waals surface area contributed by atoms with E-state index in [4.69, 9.17) is 0 Å². The zero-order valence-electron chi connectivity index (χ0n) is 28.0. The molecule has 2 fully saturated rings. The third-order valence-electron chi connectivity index (χ3n) is 9.76. The molecule has 17 heteroatoms. The number of rotatable bonds is 8. The van der Waals surface area contributed by atoms with Gasteiger partial charge in [-0.05, 0) is 42.0 Å². The van der Waals surface area contributed by atoms with E-state index < -0.39 is 41.4 Å². The number of urea groups is 1. The number of hydrogen-bond donors (Lipinski definition) is 3. The lowest BCUT2D eigenvalue weighted by atomic mass is 10.0. The zero-order valence-corrected chi connectivity index (χ0v) is 28.8. The smallest absolute Gasteiger partial charge is 0.343 e. The molecular formula is C36H31FN8O7S. The highest BCUT2D eigenvalue weighted by atomic mass is 32.1. The van der Waals surface area contributed by atoms with Gasteiger partial charge in [0, 0.05) is 73.1 Å². The summed E-state index contributed by atoms with van der Waals surface area (Å²) in [5.74, 6) is -3.72. The predicted octanol–water partition coefficient (Wildman–Crippen LogP) is 3.10. The van der Waals surface area contributed by atoms with Gasteiger partial charge in [0.25, 0.3) is 17.7 Å². The highest BCUT2D eigenvalue weighted by Crippen LogP contribution is 2.40. The van der Waals surface area contributed by atoms with Crippen molar-refractivity contribution in [3.63, 3.8) is 0 Å². The fourth-order valence-corrected chi connectivity index (χ4v) is 7.75.